The first-order valence-electron chi connectivity index (χ1n) is 5.70. The van der Waals surface area contributed by atoms with Gasteiger partial charge in [-0.25, -0.2) is 0 Å². The lowest BCUT2D eigenvalue weighted by molar-refractivity contribution is -0.131. The van der Waals surface area contributed by atoms with E-state index in [-0.39, 0.29) is 24.4 Å². The van der Waals surface area contributed by atoms with Crippen molar-refractivity contribution in [3.8, 4) is 0 Å². The van der Waals surface area contributed by atoms with Crippen molar-refractivity contribution in [2.75, 3.05) is 26.3 Å². The third-order valence-electron chi connectivity index (χ3n) is 2.49. The van der Waals surface area contributed by atoms with Gasteiger partial charge in [-0.2, -0.15) is 0 Å². The Morgan fingerprint density at radius 1 is 1.56 bits per heavy atom. The monoisotopic (exact) mass is 250 g/mol. The molecule has 0 aromatic rings. The molecule has 0 spiro atoms. The quantitative estimate of drug-likeness (QED) is 0.742. The minimum absolute atomic E-state index is 0. The fraction of sp³-hybridized carbons (Fsp3) is 0.909. The highest BCUT2D eigenvalue weighted by Gasteiger charge is 2.22. The summed E-state index contributed by atoms with van der Waals surface area (Å²) in [5.41, 5.74) is 5.73. The van der Waals surface area contributed by atoms with Crippen LogP contribution < -0.4 is 5.73 Å². The molecule has 2 N–H and O–H groups in total. The Labute approximate surface area is 104 Å². The topological polar surface area (TPSA) is 55.6 Å². The lowest BCUT2D eigenvalue weighted by Gasteiger charge is -2.15. The summed E-state index contributed by atoms with van der Waals surface area (Å²) < 4.78 is 5.37. The minimum atomic E-state index is 0. The number of hydrogen-bond donors (Lipinski definition) is 1. The average Bonchev–Trinajstić information content (AvgIpc) is 2.59. The second kappa shape index (κ2) is 7.87. The summed E-state index contributed by atoms with van der Waals surface area (Å²) in [4.78, 5) is 13.5. The molecule has 16 heavy (non-hydrogen) atoms. The minimum Gasteiger partial charge on any atom is -0.381 e. The molecule has 0 aliphatic carbocycles. The number of nitrogens with zero attached hydrogens (tertiary/aromatic N) is 1. The van der Waals surface area contributed by atoms with Gasteiger partial charge in [0.25, 0.3) is 0 Å². The number of halogens is 1. The van der Waals surface area contributed by atoms with E-state index in [1.54, 1.807) is 0 Å². The molecule has 1 saturated heterocycles. The highest BCUT2D eigenvalue weighted by Crippen LogP contribution is 2.08. The van der Waals surface area contributed by atoms with E-state index < -0.39 is 0 Å². The van der Waals surface area contributed by atoms with E-state index in [1.807, 2.05) is 4.90 Å². The fourth-order valence-electron chi connectivity index (χ4n) is 1.65. The van der Waals surface area contributed by atoms with Gasteiger partial charge in [-0.3, -0.25) is 4.79 Å². The second-order valence-electron chi connectivity index (χ2n) is 4.61. The molecular weight excluding hydrogens is 228 g/mol. The Hall–Kier alpha value is -0.320. The van der Waals surface area contributed by atoms with Crippen molar-refractivity contribution in [3.63, 3.8) is 0 Å². The van der Waals surface area contributed by atoms with E-state index in [1.165, 1.54) is 0 Å². The van der Waals surface area contributed by atoms with Crippen molar-refractivity contribution in [2.24, 2.45) is 11.7 Å². The van der Waals surface area contributed by atoms with Crippen LogP contribution in [0.25, 0.3) is 0 Å². The molecule has 0 aromatic carbocycles. The zero-order valence-corrected chi connectivity index (χ0v) is 11.0. The Kier molecular flexibility index (Phi) is 7.72. The Bertz CT molecular complexity index is 212. The molecule has 1 atom stereocenters. The highest BCUT2D eigenvalue weighted by molar-refractivity contribution is 5.85. The summed E-state index contributed by atoms with van der Waals surface area (Å²) in [6, 6.07) is 0.172. The van der Waals surface area contributed by atoms with E-state index in [9.17, 15) is 4.79 Å². The van der Waals surface area contributed by atoms with Gasteiger partial charge < -0.3 is 15.4 Å². The number of rotatable bonds is 5. The fourth-order valence-corrected chi connectivity index (χ4v) is 1.65. The van der Waals surface area contributed by atoms with Crippen molar-refractivity contribution in [3.05, 3.63) is 0 Å². The highest BCUT2D eigenvalue weighted by atomic mass is 35.5. The van der Waals surface area contributed by atoms with Crippen LogP contribution in [0.1, 0.15) is 26.7 Å². The summed E-state index contributed by atoms with van der Waals surface area (Å²) in [7, 11) is 0. The number of nitrogens with two attached hydrogens (primary N) is 1. The number of likely N-dealkylation sites (tertiary alicyclic amines) is 1. The molecule has 1 rings (SSSR count). The zero-order valence-electron chi connectivity index (χ0n) is 10.1. The molecule has 0 saturated carbocycles. The molecule has 0 bridgehead atoms. The van der Waals surface area contributed by atoms with E-state index in [4.69, 9.17) is 10.5 Å². The summed E-state index contributed by atoms with van der Waals surface area (Å²) in [6.07, 6.45) is 1.41. The van der Waals surface area contributed by atoms with Crippen molar-refractivity contribution in [1.29, 1.82) is 0 Å². The Morgan fingerprint density at radius 3 is 2.75 bits per heavy atom. The van der Waals surface area contributed by atoms with E-state index in [2.05, 4.69) is 13.8 Å². The lowest BCUT2D eigenvalue weighted by Crippen LogP contribution is -2.32. The van der Waals surface area contributed by atoms with Crippen LogP contribution >= 0.6 is 12.4 Å². The largest absolute Gasteiger partial charge is 0.381 e. The average molecular weight is 251 g/mol. The Morgan fingerprint density at radius 2 is 2.25 bits per heavy atom. The molecule has 1 aliphatic heterocycles. The number of hydrogen-bond acceptors (Lipinski definition) is 3. The molecule has 1 aliphatic rings. The SMILES string of the molecule is CC(C)COCCC(=O)N1CCC(N)C1.Cl. The lowest BCUT2D eigenvalue weighted by atomic mass is 10.2. The molecule has 1 heterocycles. The van der Waals surface area contributed by atoms with Gasteiger partial charge in [0.05, 0.1) is 13.0 Å². The van der Waals surface area contributed by atoms with Crippen LogP contribution in [0.2, 0.25) is 0 Å². The van der Waals surface area contributed by atoms with Crippen molar-refractivity contribution in [2.45, 2.75) is 32.7 Å². The van der Waals surface area contributed by atoms with Gasteiger partial charge in [0, 0.05) is 25.7 Å². The second-order valence-corrected chi connectivity index (χ2v) is 4.61. The van der Waals surface area contributed by atoms with Crippen LogP contribution in [0.15, 0.2) is 0 Å². The van der Waals surface area contributed by atoms with Crippen LogP contribution in [0.5, 0.6) is 0 Å². The molecule has 5 heteroatoms. The maximum atomic E-state index is 11.6. The van der Waals surface area contributed by atoms with Crippen molar-refractivity contribution >= 4 is 18.3 Å². The molecule has 1 amide bonds. The van der Waals surface area contributed by atoms with Crippen LogP contribution in [0.3, 0.4) is 0 Å². The summed E-state index contributed by atoms with van der Waals surface area (Å²) in [5, 5.41) is 0. The normalized spacial score (nSPS) is 20.0. The first-order chi connectivity index (χ1) is 7.09. The smallest absolute Gasteiger partial charge is 0.224 e. The molecular formula is C11H23ClN2O2. The van der Waals surface area contributed by atoms with E-state index in [0.717, 1.165) is 19.6 Å². The maximum absolute atomic E-state index is 11.6. The number of amides is 1. The van der Waals surface area contributed by atoms with Gasteiger partial charge in [-0.15, -0.1) is 12.4 Å². The van der Waals surface area contributed by atoms with Crippen molar-refractivity contribution in [1.82, 2.24) is 4.90 Å². The molecule has 4 nitrogen and oxygen atoms in total. The zero-order chi connectivity index (χ0) is 11.3. The molecule has 96 valence electrons. The van der Waals surface area contributed by atoms with Crippen LogP contribution in [-0.4, -0.2) is 43.2 Å². The van der Waals surface area contributed by atoms with Crippen LogP contribution in [0, 0.1) is 5.92 Å². The summed E-state index contributed by atoms with van der Waals surface area (Å²) in [5.74, 6) is 0.701. The molecule has 1 unspecified atom stereocenters. The van der Waals surface area contributed by atoms with Gasteiger partial charge in [-0.1, -0.05) is 13.8 Å². The maximum Gasteiger partial charge on any atom is 0.224 e. The van der Waals surface area contributed by atoms with Gasteiger partial charge in [-0.05, 0) is 12.3 Å². The predicted molar refractivity (Wildman–Crippen MR) is 66.7 cm³/mol. The predicted octanol–water partition coefficient (Wildman–Crippen LogP) is 1.03. The van der Waals surface area contributed by atoms with Crippen LogP contribution in [-0.2, 0) is 9.53 Å². The first kappa shape index (κ1) is 15.7. The third-order valence-corrected chi connectivity index (χ3v) is 2.49. The molecule has 0 radical (unpaired) electrons. The number of ether oxygens (including phenoxy) is 1. The molecule has 1 fully saturated rings. The van der Waals surface area contributed by atoms with Gasteiger partial charge in [0.1, 0.15) is 0 Å². The third kappa shape index (κ3) is 5.68. The van der Waals surface area contributed by atoms with E-state index in [0.29, 0.717) is 25.5 Å². The van der Waals surface area contributed by atoms with Gasteiger partial charge in [0.15, 0.2) is 0 Å². The number of carbonyl (C=O) groups is 1. The standard InChI is InChI=1S/C11H22N2O2.ClH/c1-9(2)8-15-6-4-11(14)13-5-3-10(12)7-13;/h9-10H,3-8,12H2,1-2H3;1H. The van der Waals surface area contributed by atoms with Gasteiger partial charge >= 0.3 is 0 Å². The molecule has 0 aromatic heterocycles. The summed E-state index contributed by atoms with van der Waals surface area (Å²) >= 11 is 0. The van der Waals surface area contributed by atoms with Crippen molar-refractivity contribution < 1.29 is 9.53 Å². The van der Waals surface area contributed by atoms with Gasteiger partial charge in [0.2, 0.25) is 5.91 Å². The number of carbonyl (C=O) groups excluding carboxylic acids is 1. The van der Waals surface area contributed by atoms with E-state index >= 15 is 0 Å². The summed E-state index contributed by atoms with van der Waals surface area (Å²) in [6.45, 7) is 6.98. The van der Waals surface area contributed by atoms with Crippen LogP contribution in [0.4, 0.5) is 0 Å². The Balaban J connectivity index is 0.00000225. The first-order valence-corrected chi connectivity index (χ1v) is 5.70.